The molecule has 0 aliphatic carbocycles. The van der Waals surface area contributed by atoms with Crippen molar-refractivity contribution >= 4 is 16.0 Å². The first-order chi connectivity index (χ1) is 9.86. The molecule has 1 heterocycles. The molecule has 1 aromatic carbocycles. The van der Waals surface area contributed by atoms with E-state index in [1.54, 1.807) is 18.2 Å². The predicted molar refractivity (Wildman–Crippen MR) is 74.0 cm³/mol. The quantitative estimate of drug-likeness (QED) is 0.729. The zero-order valence-electron chi connectivity index (χ0n) is 10.9. The van der Waals surface area contributed by atoms with Gasteiger partial charge >= 0.3 is 5.97 Å². The summed E-state index contributed by atoms with van der Waals surface area (Å²) in [5.41, 5.74) is 0.742. The first-order valence-corrected chi connectivity index (χ1v) is 7.55. The summed E-state index contributed by atoms with van der Waals surface area (Å²) in [6.07, 6.45) is 0. The number of benzene rings is 1. The summed E-state index contributed by atoms with van der Waals surface area (Å²) < 4.78 is 27.6. The van der Waals surface area contributed by atoms with Gasteiger partial charge in [-0.15, -0.1) is 0 Å². The largest absolute Gasteiger partial charge is 0.475 e. The van der Waals surface area contributed by atoms with Gasteiger partial charge < -0.3 is 14.8 Å². The third-order valence-corrected chi connectivity index (χ3v) is 3.64. The van der Waals surface area contributed by atoms with Crippen LogP contribution in [0.2, 0.25) is 0 Å². The van der Waals surface area contributed by atoms with E-state index in [9.17, 15) is 13.2 Å². The van der Waals surface area contributed by atoms with E-state index in [4.69, 9.17) is 14.7 Å². The summed E-state index contributed by atoms with van der Waals surface area (Å²) in [5.74, 6) is -0.764. The molecule has 0 aliphatic heterocycles. The van der Waals surface area contributed by atoms with Crippen LogP contribution < -0.4 is 10.5 Å². The maximum atomic E-state index is 11.2. The molecule has 0 unspecified atom stereocenters. The van der Waals surface area contributed by atoms with Gasteiger partial charge in [-0.2, -0.15) is 0 Å². The summed E-state index contributed by atoms with van der Waals surface area (Å²) in [4.78, 5) is 10.7. The Labute approximate surface area is 121 Å². The Morgan fingerprint density at radius 1 is 1.24 bits per heavy atom. The lowest BCUT2D eigenvalue weighted by Crippen LogP contribution is -2.15. The van der Waals surface area contributed by atoms with Crippen molar-refractivity contribution in [3.63, 3.8) is 0 Å². The Bertz CT molecular complexity index is 751. The Balaban J connectivity index is 1.95. The van der Waals surface area contributed by atoms with Crippen LogP contribution in [0.5, 0.6) is 0 Å². The lowest BCUT2D eigenvalue weighted by molar-refractivity contribution is 0.0660. The van der Waals surface area contributed by atoms with E-state index >= 15 is 0 Å². The minimum atomic E-state index is -3.72. The van der Waals surface area contributed by atoms with E-state index in [-0.39, 0.29) is 10.7 Å². The number of carboxylic acids is 1. The second-order valence-electron chi connectivity index (χ2n) is 4.37. The van der Waals surface area contributed by atoms with Gasteiger partial charge in [-0.3, -0.25) is 0 Å². The average Bonchev–Trinajstić information content (AvgIpc) is 2.87. The highest BCUT2D eigenvalue weighted by atomic mass is 32.2. The fourth-order valence-corrected chi connectivity index (χ4v) is 2.33. The van der Waals surface area contributed by atoms with Gasteiger partial charge in [0.15, 0.2) is 0 Å². The molecule has 4 N–H and O–H groups in total. The molecule has 0 bridgehead atoms. The maximum Gasteiger partial charge on any atom is 0.371 e. The van der Waals surface area contributed by atoms with Crippen molar-refractivity contribution in [2.24, 2.45) is 5.14 Å². The maximum absolute atomic E-state index is 11.2. The van der Waals surface area contributed by atoms with Gasteiger partial charge in [0.2, 0.25) is 15.8 Å². The van der Waals surface area contributed by atoms with Gasteiger partial charge in [0.25, 0.3) is 0 Å². The lowest BCUT2D eigenvalue weighted by Gasteiger charge is -2.05. The van der Waals surface area contributed by atoms with Crippen molar-refractivity contribution in [3.8, 4) is 0 Å². The summed E-state index contributed by atoms with van der Waals surface area (Å²) in [6.45, 7) is 0.722. The second kappa shape index (κ2) is 6.08. The van der Waals surface area contributed by atoms with Crippen molar-refractivity contribution in [1.82, 2.24) is 5.32 Å². The molecule has 0 radical (unpaired) electrons. The Kier molecular flexibility index (Phi) is 4.41. The molecule has 112 valence electrons. The summed E-state index contributed by atoms with van der Waals surface area (Å²) in [5, 5.41) is 16.8. The number of carboxylic acid groups (broad SMARTS) is 1. The zero-order chi connectivity index (χ0) is 15.5. The van der Waals surface area contributed by atoms with Gasteiger partial charge in [0.1, 0.15) is 5.76 Å². The number of primary sulfonamides is 1. The van der Waals surface area contributed by atoms with E-state index in [1.165, 1.54) is 18.2 Å². The van der Waals surface area contributed by atoms with Crippen LogP contribution in [0.1, 0.15) is 21.9 Å². The molecule has 7 nitrogen and oxygen atoms in total. The SMILES string of the molecule is NS(=O)(=O)c1cccc(CNCc2ccc(C(=O)O)o2)c1. The highest BCUT2D eigenvalue weighted by molar-refractivity contribution is 7.89. The monoisotopic (exact) mass is 310 g/mol. The van der Waals surface area contributed by atoms with Crippen LogP contribution in [0.4, 0.5) is 0 Å². The van der Waals surface area contributed by atoms with E-state index in [1.807, 2.05) is 0 Å². The Morgan fingerprint density at radius 3 is 2.62 bits per heavy atom. The number of nitrogens with one attached hydrogen (secondary N) is 1. The minimum absolute atomic E-state index is 0.0490. The van der Waals surface area contributed by atoms with Crippen LogP contribution in [0.15, 0.2) is 45.7 Å². The van der Waals surface area contributed by atoms with Crippen molar-refractivity contribution in [3.05, 3.63) is 53.5 Å². The molecule has 0 fully saturated rings. The van der Waals surface area contributed by atoms with E-state index in [0.717, 1.165) is 5.56 Å². The van der Waals surface area contributed by atoms with Gasteiger partial charge in [-0.05, 0) is 29.8 Å². The molecule has 0 aliphatic rings. The van der Waals surface area contributed by atoms with Crippen LogP contribution in [-0.4, -0.2) is 19.5 Å². The molecule has 21 heavy (non-hydrogen) atoms. The van der Waals surface area contributed by atoms with Crippen LogP contribution in [0.25, 0.3) is 0 Å². The molecule has 2 rings (SSSR count). The smallest absolute Gasteiger partial charge is 0.371 e. The minimum Gasteiger partial charge on any atom is -0.475 e. The first-order valence-electron chi connectivity index (χ1n) is 6.01. The molecule has 1 aromatic heterocycles. The van der Waals surface area contributed by atoms with Gasteiger partial charge in [0.05, 0.1) is 11.4 Å². The van der Waals surface area contributed by atoms with Gasteiger partial charge in [0, 0.05) is 6.54 Å². The fourth-order valence-electron chi connectivity index (χ4n) is 1.75. The number of carbonyl (C=O) groups is 1. The van der Waals surface area contributed by atoms with Gasteiger partial charge in [-0.1, -0.05) is 12.1 Å². The molecule has 2 aromatic rings. The Morgan fingerprint density at radius 2 is 2.00 bits per heavy atom. The van der Waals surface area contributed by atoms with Gasteiger partial charge in [-0.25, -0.2) is 18.4 Å². The normalized spacial score (nSPS) is 11.5. The third-order valence-electron chi connectivity index (χ3n) is 2.73. The molecular formula is C13H14N2O5S. The number of sulfonamides is 1. The van der Waals surface area contributed by atoms with Crippen LogP contribution in [0.3, 0.4) is 0 Å². The first kappa shape index (κ1) is 15.2. The van der Waals surface area contributed by atoms with Crippen LogP contribution in [-0.2, 0) is 23.1 Å². The number of hydrogen-bond donors (Lipinski definition) is 3. The topological polar surface area (TPSA) is 123 Å². The standard InChI is InChI=1S/C13H14N2O5S/c14-21(18,19)11-3-1-2-9(6-11)7-15-8-10-4-5-12(20-10)13(16)17/h1-6,15H,7-8H2,(H,16,17)(H2,14,18,19). The van der Waals surface area contributed by atoms with Crippen molar-refractivity contribution in [1.29, 1.82) is 0 Å². The molecule has 0 atom stereocenters. The van der Waals surface area contributed by atoms with Crippen LogP contribution >= 0.6 is 0 Å². The number of hydrogen-bond acceptors (Lipinski definition) is 5. The van der Waals surface area contributed by atoms with Crippen molar-refractivity contribution < 1.29 is 22.7 Å². The Hall–Kier alpha value is -2.16. The summed E-state index contributed by atoms with van der Waals surface area (Å²) in [7, 11) is -3.72. The van der Waals surface area contributed by atoms with E-state index in [2.05, 4.69) is 5.32 Å². The number of furan rings is 1. The fraction of sp³-hybridized carbons (Fsp3) is 0.154. The summed E-state index contributed by atoms with van der Waals surface area (Å²) in [6, 6.07) is 9.20. The highest BCUT2D eigenvalue weighted by Crippen LogP contribution is 2.11. The molecule has 0 spiro atoms. The number of nitrogens with two attached hydrogens (primary N) is 1. The highest BCUT2D eigenvalue weighted by Gasteiger charge is 2.09. The zero-order valence-corrected chi connectivity index (χ0v) is 11.8. The van der Waals surface area contributed by atoms with Crippen LogP contribution in [0, 0.1) is 0 Å². The molecule has 0 saturated heterocycles. The molecular weight excluding hydrogens is 296 g/mol. The van der Waals surface area contributed by atoms with E-state index < -0.39 is 16.0 Å². The average molecular weight is 310 g/mol. The molecule has 8 heteroatoms. The van der Waals surface area contributed by atoms with Crippen molar-refractivity contribution in [2.75, 3.05) is 0 Å². The third kappa shape index (κ3) is 4.15. The summed E-state index contributed by atoms with van der Waals surface area (Å²) >= 11 is 0. The molecule has 0 saturated carbocycles. The number of rotatable bonds is 6. The predicted octanol–water partition coefficient (Wildman–Crippen LogP) is 0.915. The second-order valence-corrected chi connectivity index (χ2v) is 5.93. The lowest BCUT2D eigenvalue weighted by atomic mass is 10.2. The van der Waals surface area contributed by atoms with Crippen molar-refractivity contribution in [2.45, 2.75) is 18.0 Å². The number of aromatic carboxylic acids is 1. The van der Waals surface area contributed by atoms with E-state index in [0.29, 0.717) is 18.8 Å². The molecule has 0 amide bonds.